The van der Waals surface area contributed by atoms with Crippen LogP contribution in [-0.2, 0) is 12.1 Å². The Balaban J connectivity index is 1.48. The van der Waals surface area contributed by atoms with Gasteiger partial charge in [0.25, 0.3) is 5.91 Å². The summed E-state index contributed by atoms with van der Waals surface area (Å²) in [5, 5.41) is 21.0. The molecule has 4 aromatic rings. The number of pyridine rings is 1. The second kappa shape index (κ2) is 7.57. The molecular formula is C19H17N5O4S. The van der Waals surface area contributed by atoms with Crippen molar-refractivity contribution in [2.75, 3.05) is 0 Å². The summed E-state index contributed by atoms with van der Waals surface area (Å²) in [7, 11) is 0. The van der Waals surface area contributed by atoms with Crippen LogP contribution < -0.4 is 10.1 Å². The number of rotatable bonds is 6. The summed E-state index contributed by atoms with van der Waals surface area (Å²) in [4.78, 5) is 21.8. The topological polar surface area (TPSA) is 123 Å². The number of carbonyl (C=O) groups excluding carboxylic acids is 1. The van der Waals surface area contributed by atoms with E-state index in [1.807, 2.05) is 0 Å². The maximum absolute atomic E-state index is 12.7. The van der Waals surface area contributed by atoms with Gasteiger partial charge in [-0.1, -0.05) is 0 Å². The van der Waals surface area contributed by atoms with E-state index in [1.165, 1.54) is 11.3 Å². The number of hydrogen-bond donors (Lipinski definition) is 2. The van der Waals surface area contributed by atoms with Crippen LogP contribution in [0.1, 0.15) is 34.1 Å². The van der Waals surface area contributed by atoms with Crippen molar-refractivity contribution in [3.8, 4) is 11.6 Å². The largest absolute Gasteiger partial charge is 0.438 e. The van der Waals surface area contributed by atoms with Crippen LogP contribution in [0.25, 0.3) is 11.0 Å². The quantitative estimate of drug-likeness (QED) is 0.496. The molecule has 10 heteroatoms. The minimum absolute atomic E-state index is 0.164. The van der Waals surface area contributed by atoms with Crippen molar-refractivity contribution in [3.05, 3.63) is 58.2 Å². The summed E-state index contributed by atoms with van der Waals surface area (Å²) in [6.07, 6.45) is 3.15. The number of fused-ring (bicyclic) bond motifs is 1. The second-order valence-corrected chi connectivity index (χ2v) is 7.85. The molecule has 3 aromatic heterocycles. The Morgan fingerprint density at radius 3 is 2.86 bits per heavy atom. The van der Waals surface area contributed by atoms with Crippen LogP contribution in [0.3, 0.4) is 0 Å². The first-order chi connectivity index (χ1) is 13.9. The summed E-state index contributed by atoms with van der Waals surface area (Å²) in [6.45, 7) is 3.60. The number of nitrogens with zero attached hydrogens (tertiary/aromatic N) is 4. The molecule has 9 nitrogen and oxygen atoms in total. The molecule has 0 bridgehead atoms. The van der Waals surface area contributed by atoms with E-state index in [0.29, 0.717) is 21.8 Å². The van der Waals surface area contributed by atoms with Crippen LogP contribution in [0, 0.1) is 0 Å². The number of benzene rings is 1. The van der Waals surface area contributed by atoms with Gasteiger partial charge in [-0.25, -0.2) is 14.6 Å². The fourth-order valence-corrected chi connectivity index (χ4v) is 3.37. The molecule has 0 radical (unpaired) electrons. The maximum atomic E-state index is 12.7. The van der Waals surface area contributed by atoms with Crippen LogP contribution in [-0.4, -0.2) is 31.3 Å². The summed E-state index contributed by atoms with van der Waals surface area (Å²) >= 11 is 1.34. The molecule has 0 unspecified atom stereocenters. The minimum atomic E-state index is -0.968. The lowest BCUT2D eigenvalue weighted by molar-refractivity contribution is 0.0823. The molecule has 2 N–H and O–H groups in total. The lowest BCUT2D eigenvalue weighted by Crippen LogP contribution is -2.23. The van der Waals surface area contributed by atoms with Crippen molar-refractivity contribution >= 4 is 28.3 Å². The van der Waals surface area contributed by atoms with Gasteiger partial charge in [0.2, 0.25) is 5.88 Å². The summed E-state index contributed by atoms with van der Waals surface area (Å²) < 4.78 is 10.5. The van der Waals surface area contributed by atoms with Gasteiger partial charge < -0.3 is 15.2 Å². The van der Waals surface area contributed by atoms with E-state index in [0.717, 1.165) is 4.88 Å². The highest BCUT2D eigenvalue weighted by molar-refractivity contribution is 7.11. The molecule has 0 atom stereocenters. The standard InChI is InChI=1S/C19H17N5O4S/c1-19(2,26)15-9-21-16(29-15)10-22-17(25)12-4-3-7-20-18(12)27-11-5-6-13-14(8-11)24-28-23-13/h3-9,26H,10H2,1-2H3,(H,22,25). The van der Waals surface area contributed by atoms with Gasteiger partial charge in [0.05, 0.1) is 17.0 Å². The lowest BCUT2D eigenvalue weighted by atomic mass is 10.1. The Labute approximate surface area is 169 Å². The van der Waals surface area contributed by atoms with Crippen molar-refractivity contribution in [2.45, 2.75) is 26.0 Å². The highest BCUT2D eigenvalue weighted by atomic mass is 32.1. The molecule has 1 amide bonds. The molecule has 4 rings (SSSR count). The Bertz CT molecular complexity index is 1160. The van der Waals surface area contributed by atoms with Crippen molar-refractivity contribution in [2.24, 2.45) is 0 Å². The molecule has 0 saturated carbocycles. The molecule has 0 saturated heterocycles. The van der Waals surface area contributed by atoms with Gasteiger partial charge in [0.15, 0.2) is 0 Å². The number of nitrogens with one attached hydrogen (secondary N) is 1. The van der Waals surface area contributed by atoms with Gasteiger partial charge in [-0.05, 0) is 48.4 Å². The second-order valence-electron chi connectivity index (χ2n) is 6.73. The zero-order valence-electron chi connectivity index (χ0n) is 15.6. The van der Waals surface area contributed by atoms with Crippen LogP contribution in [0.4, 0.5) is 0 Å². The predicted octanol–water partition coefficient (Wildman–Crippen LogP) is 3.02. The molecule has 1 aromatic carbocycles. The van der Waals surface area contributed by atoms with E-state index in [9.17, 15) is 9.90 Å². The highest BCUT2D eigenvalue weighted by Crippen LogP contribution is 2.27. The summed E-state index contributed by atoms with van der Waals surface area (Å²) in [5.41, 5.74) is 0.455. The zero-order chi connectivity index (χ0) is 20.4. The first kappa shape index (κ1) is 19.0. The first-order valence-corrected chi connectivity index (χ1v) is 9.53. The maximum Gasteiger partial charge on any atom is 0.257 e. The van der Waals surface area contributed by atoms with Gasteiger partial charge in [-0.3, -0.25) is 4.79 Å². The average Bonchev–Trinajstić information content (AvgIpc) is 3.35. The summed E-state index contributed by atoms with van der Waals surface area (Å²) in [5.74, 6) is 0.269. The molecular weight excluding hydrogens is 394 g/mol. The Kier molecular flexibility index (Phi) is 4.95. The SMILES string of the molecule is CC(C)(O)c1cnc(CNC(=O)c2cccnc2Oc2ccc3nonc3c2)s1. The van der Waals surface area contributed by atoms with Crippen LogP contribution >= 0.6 is 11.3 Å². The molecule has 0 aliphatic rings. The van der Waals surface area contributed by atoms with E-state index >= 15 is 0 Å². The molecule has 0 aliphatic carbocycles. The Morgan fingerprint density at radius 2 is 2.07 bits per heavy atom. The van der Waals surface area contributed by atoms with Crippen LogP contribution in [0.2, 0.25) is 0 Å². The van der Waals surface area contributed by atoms with Gasteiger partial charge in [0.1, 0.15) is 27.4 Å². The van der Waals surface area contributed by atoms with E-state index in [-0.39, 0.29) is 23.9 Å². The zero-order valence-corrected chi connectivity index (χ0v) is 16.4. The third-order valence-electron chi connectivity index (χ3n) is 4.01. The Hall–Kier alpha value is -3.37. The van der Waals surface area contributed by atoms with E-state index in [1.54, 1.807) is 56.6 Å². The van der Waals surface area contributed by atoms with Gasteiger partial charge in [0, 0.05) is 18.5 Å². The number of carbonyl (C=O) groups is 1. The smallest absolute Gasteiger partial charge is 0.257 e. The normalized spacial score (nSPS) is 11.6. The van der Waals surface area contributed by atoms with E-state index in [4.69, 9.17) is 4.74 Å². The van der Waals surface area contributed by atoms with Crippen molar-refractivity contribution < 1.29 is 19.3 Å². The fourth-order valence-electron chi connectivity index (χ4n) is 2.51. The first-order valence-electron chi connectivity index (χ1n) is 8.71. The number of aliphatic hydroxyl groups is 1. The van der Waals surface area contributed by atoms with Gasteiger partial charge in [-0.15, -0.1) is 11.3 Å². The van der Waals surface area contributed by atoms with Crippen molar-refractivity contribution in [3.63, 3.8) is 0 Å². The molecule has 0 aliphatic heterocycles. The highest BCUT2D eigenvalue weighted by Gasteiger charge is 2.20. The lowest BCUT2D eigenvalue weighted by Gasteiger charge is -2.13. The average molecular weight is 411 g/mol. The Morgan fingerprint density at radius 1 is 1.24 bits per heavy atom. The molecule has 0 spiro atoms. The van der Waals surface area contributed by atoms with E-state index in [2.05, 4.69) is 30.2 Å². The van der Waals surface area contributed by atoms with E-state index < -0.39 is 5.60 Å². The molecule has 3 heterocycles. The van der Waals surface area contributed by atoms with Crippen LogP contribution in [0.15, 0.2) is 47.4 Å². The molecule has 148 valence electrons. The van der Waals surface area contributed by atoms with Crippen LogP contribution in [0.5, 0.6) is 11.6 Å². The number of thiazole rings is 1. The predicted molar refractivity (Wildman–Crippen MR) is 105 cm³/mol. The number of aromatic nitrogens is 4. The number of amides is 1. The number of ether oxygens (including phenoxy) is 1. The minimum Gasteiger partial charge on any atom is -0.438 e. The third kappa shape index (κ3) is 4.23. The van der Waals surface area contributed by atoms with Gasteiger partial charge >= 0.3 is 0 Å². The fraction of sp³-hybridized carbons (Fsp3) is 0.211. The van der Waals surface area contributed by atoms with Crippen molar-refractivity contribution in [1.29, 1.82) is 0 Å². The molecule has 0 fully saturated rings. The van der Waals surface area contributed by atoms with Crippen molar-refractivity contribution in [1.82, 2.24) is 25.6 Å². The summed E-state index contributed by atoms with van der Waals surface area (Å²) in [6, 6.07) is 8.32. The third-order valence-corrected chi connectivity index (χ3v) is 5.32. The molecule has 29 heavy (non-hydrogen) atoms. The van der Waals surface area contributed by atoms with Gasteiger partial charge in [-0.2, -0.15) is 0 Å². The number of hydrogen-bond acceptors (Lipinski definition) is 9. The monoisotopic (exact) mass is 411 g/mol.